The molecule has 4 aromatic rings. The summed E-state index contributed by atoms with van der Waals surface area (Å²) >= 11 is 12.6. The number of amides is 1. The van der Waals surface area contributed by atoms with E-state index in [-0.39, 0.29) is 5.91 Å². The summed E-state index contributed by atoms with van der Waals surface area (Å²) < 4.78 is 12.7. The van der Waals surface area contributed by atoms with Crippen LogP contribution in [0.15, 0.2) is 78.0 Å². The summed E-state index contributed by atoms with van der Waals surface area (Å²) in [4.78, 5) is 18.5. The van der Waals surface area contributed by atoms with E-state index in [1.165, 1.54) is 0 Å². The number of hydrogen-bond donors (Lipinski definition) is 2. The molecule has 2 N–H and O–H groups in total. The molecule has 0 bridgehead atoms. The number of para-hydroxylation sites is 2. The van der Waals surface area contributed by atoms with Crippen LogP contribution >= 0.6 is 23.2 Å². The maximum Gasteiger partial charge on any atom is 0.255 e. The number of nitrogens with zero attached hydrogens (tertiary/aromatic N) is 3. The predicted molar refractivity (Wildman–Crippen MR) is 149 cm³/mol. The molecule has 1 aliphatic heterocycles. The Morgan fingerprint density at radius 3 is 2.55 bits per heavy atom. The van der Waals surface area contributed by atoms with E-state index in [4.69, 9.17) is 42.8 Å². The first kappa shape index (κ1) is 25.6. The Morgan fingerprint density at radius 2 is 1.84 bits per heavy atom. The molecule has 194 valence electrons. The lowest BCUT2D eigenvalue weighted by Gasteiger charge is -2.29. The lowest BCUT2D eigenvalue weighted by Crippen LogP contribution is -2.31. The van der Waals surface area contributed by atoms with Gasteiger partial charge in [0.05, 0.1) is 35.0 Å². The summed E-state index contributed by atoms with van der Waals surface area (Å²) in [7, 11) is 1.56. The fraction of sp³-hybridized carbons (Fsp3) is 0.179. The zero-order chi connectivity index (χ0) is 26.8. The summed E-state index contributed by atoms with van der Waals surface area (Å²) in [6, 6.07) is 19.4. The van der Waals surface area contributed by atoms with Crippen molar-refractivity contribution in [3.05, 3.63) is 93.6 Å². The van der Waals surface area contributed by atoms with Gasteiger partial charge in [0.25, 0.3) is 5.91 Å². The number of fused-ring (bicyclic) bond motifs is 1. The summed E-state index contributed by atoms with van der Waals surface area (Å²) in [6.07, 6.45) is 0. The minimum Gasteiger partial charge on any atom is -0.495 e. The van der Waals surface area contributed by atoms with Crippen LogP contribution in [0.25, 0.3) is 11.4 Å². The number of carbonyl (C=O) groups is 1. The molecule has 0 saturated heterocycles. The molecule has 3 aromatic carbocycles. The second-order valence-electron chi connectivity index (χ2n) is 8.56. The third-order valence-electron chi connectivity index (χ3n) is 6.14. The molecule has 10 heteroatoms. The number of rotatable bonds is 7. The van der Waals surface area contributed by atoms with Crippen molar-refractivity contribution in [2.24, 2.45) is 0 Å². The molecule has 0 saturated carbocycles. The third-order valence-corrected chi connectivity index (χ3v) is 6.87. The molecule has 0 radical (unpaired) electrons. The van der Waals surface area contributed by atoms with E-state index in [2.05, 4.69) is 10.6 Å². The van der Waals surface area contributed by atoms with Crippen molar-refractivity contribution in [3.8, 4) is 22.9 Å². The Hall–Kier alpha value is -4.01. The van der Waals surface area contributed by atoms with Crippen molar-refractivity contribution >= 4 is 40.7 Å². The summed E-state index contributed by atoms with van der Waals surface area (Å²) in [5, 5.41) is 11.8. The number of carbonyl (C=O) groups excluding carboxylic acids is 1. The van der Waals surface area contributed by atoms with Crippen molar-refractivity contribution in [2.75, 3.05) is 24.4 Å². The van der Waals surface area contributed by atoms with Gasteiger partial charge in [-0.3, -0.25) is 4.79 Å². The number of benzene rings is 3. The van der Waals surface area contributed by atoms with Gasteiger partial charge in [0.15, 0.2) is 5.82 Å². The molecular weight excluding hydrogens is 525 g/mol. The Bertz CT molecular complexity index is 1530. The lowest BCUT2D eigenvalue weighted by molar-refractivity contribution is -0.113. The molecule has 38 heavy (non-hydrogen) atoms. The van der Waals surface area contributed by atoms with Crippen LogP contribution in [-0.2, 0) is 4.79 Å². The van der Waals surface area contributed by atoms with E-state index in [9.17, 15) is 4.79 Å². The lowest BCUT2D eigenvalue weighted by atomic mass is 9.95. The van der Waals surface area contributed by atoms with Gasteiger partial charge in [-0.05, 0) is 67.9 Å². The van der Waals surface area contributed by atoms with Gasteiger partial charge in [0.1, 0.15) is 17.5 Å². The van der Waals surface area contributed by atoms with Gasteiger partial charge in [-0.25, -0.2) is 4.68 Å². The largest absolute Gasteiger partial charge is 0.495 e. The van der Waals surface area contributed by atoms with E-state index >= 15 is 0 Å². The van der Waals surface area contributed by atoms with Crippen LogP contribution in [-0.4, -0.2) is 34.4 Å². The number of halogens is 2. The maximum atomic E-state index is 13.8. The second-order valence-corrected chi connectivity index (χ2v) is 9.37. The van der Waals surface area contributed by atoms with E-state index in [1.807, 2.05) is 56.3 Å². The molecule has 1 amide bonds. The van der Waals surface area contributed by atoms with Crippen molar-refractivity contribution < 1.29 is 14.3 Å². The standard InChI is InChI=1S/C28H25Cl2N5O3/c1-4-38-19-12-9-17(10-13-19)26-33-28-31-16(2)24(27(36)32-22-7-5-6-8-23(22)37-3)25(35(28)34-26)18-11-14-20(29)21(30)15-18/h5-15,25H,4H2,1-3H3,(H,32,36)(H,31,33,34). The van der Waals surface area contributed by atoms with Crippen molar-refractivity contribution in [1.29, 1.82) is 0 Å². The topological polar surface area (TPSA) is 90.3 Å². The highest BCUT2D eigenvalue weighted by molar-refractivity contribution is 6.42. The number of ether oxygens (including phenoxy) is 2. The zero-order valence-corrected chi connectivity index (χ0v) is 22.5. The summed E-state index contributed by atoms with van der Waals surface area (Å²) in [5.74, 6) is 1.99. The molecule has 2 heterocycles. The molecule has 1 aliphatic rings. The first-order valence-electron chi connectivity index (χ1n) is 12.0. The highest BCUT2D eigenvalue weighted by atomic mass is 35.5. The van der Waals surface area contributed by atoms with Gasteiger partial charge in [0.2, 0.25) is 5.95 Å². The Morgan fingerprint density at radius 1 is 1.08 bits per heavy atom. The zero-order valence-electron chi connectivity index (χ0n) is 21.0. The first-order valence-corrected chi connectivity index (χ1v) is 12.7. The molecular formula is C28H25Cl2N5O3. The van der Waals surface area contributed by atoms with Crippen molar-refractivity contribution in [1.82, 2.24) is 14.8 Å². The van der Waals surface area contributed by atoms with Crippen molar-refractivity contribution in [3.63, 3.8) is 0 Å². The quantitative estimate of drug-likeness (QED) is 0.270. The smallest absolute Gasteiger partial charge is 0.255 e. The normalized spacial score (nSPS) is 14.5. The minimum absolute atomic E-state index is 0.320. The number of allylic oxidation sites excluding steroid dienone is 1. The van der Waals surface area contributed by atoms with Gasteiger partial charge in [-0.1, -0.05) is 41.4 Å². The van der Waals surface area contributed by atoms with Crippen LogP contribution in [0, 0.1) is 0 Å². The van der Waals surface area contributed by atoms with Gasteiger partial charge < -0.3 is 20.1 Å². The Kier molecular flexibility index (Phi) is 7.26. The van der Waals surface area contributed by atoms with Crippen LogP contribution < -0.4 is 20.1 Å². The van der Waals surface area contributed by atoms with Gasteiger partial charge in [-0.2, -0.15) is 4.98 Å². The molecule has 1 unspecified atom stereocenters. The number of nitrogens with one attached hydrogen (secondary N) is 2. The molecule has 0 fully saturated rings. The van der Waals surface area contributed by atoms with Crippen LogP contribution in [0.3, 0.4) is 0 Å². The number of methoxy groups -OCH3 is 1. The van der Waals surface area contributed by atoms with Crippen molar-refractivity contribution in [2.45, 2.75) is 19.9 Å². The molecule has 5 rings (SSSR count). The first-order chi connectivity index (χ1) is 18.4. The van der Waals surface area contributed by atoms with E-state index in [1.54, 1.807) is 36.1 Å². The number of hydrogen-bond acceptors (Lipinski definition) is 6. The summed E-state index contributed by atoms with van der Waals surface area (Å²) in [5.41, 5.74) is 3.17. The van der Waals surface area contributed by atoms with Gasteiger partial charge in [-0.15, -0.1) is 5.10 Å². The van der Waals surface area contributed by atoms with Crippen LogP contribution in [0.2, 0.25) is 10.0 Å². The second kappa shape index (κ2) is 10.8. The fourth-order valence-electron chi connectivity index (χ4n) is 4.36. The molecule has 1 aromatic heterocycles. The van der Waals surface area contributed by atoms with E-state index in [0.29, 0.717) is 51.1 Å². The SMILES string of the molecule is CCOc1ccc(-c2nc3n(n2)C(c2ccc(Cl)c(Cl)c2)C(C(=O)Nc2ccccc2OC)=C(C)N3)cc1. The predicted octanol–water partition coefficient (Wildman–Crippen LogP) is 6.59. The van der Waals surface area contributed by atoms with Crippen LogP contribution in [0.1, 0.15) is 25.5 Å². The average Bonchev–Trinajstić information content (AvgIpc) is 3.34. The summed E-state index contributed by atoms with van der Waals surface area (Å²) in [6.45, 7) is 4.34. The highest BCUT2D eigenvalue weighted by Gasteiger charge is 2.35. The molecule has 0 spiro atoms. The van der Waals surface area contributed by atoms with Crippen LogP contribution in [0.4, 0.5) is 11.6 Å². The van der Waals surface area contributed by atoms with Gasteiger partial charge in [0, 0.05) is 11.3 Å². The molecule has 8 nitrogen and oxygen atoms in total. The highest BCUT2D eigenvalue weighted by Crippen LogP contribution is 2.39. The number of anilines is 2. The maximum absolute atomic E-state index is 13.8. The fourth-order valence-corrected chi connectivity index (χ4v) is 4.67. The third kappa shape index (κ3) is 4.92. The molecule has 0 aliphatic carbocycles. The number of aromatic nitrogens is 3. The Balaban J connectivity index is 1.58. The minimum atomic E-state index is -0.625. The monoisotopic (exact) mass is 549 g/mol. The van der Waals surface area contributed by atoms with Crippen LogP contribution in [0.5, 0.6) is 11.5 Å². The Labute approximate surface area is 230 Å². The van der Waals surface area contributed by atoms with Gasteiger partial charge >= 0.3 is 0 Å². The van der Waals surface area contributed by atoms with E-state index < -0.39 is 6.04 Å². The molecule has 1 atom stereocenters. The average molecular weight is 550 g/mol. The van der Waals surface area contributed by atoms with E-state index in [0.717, 1.165) is 16.9 Å².